The van der Waals surface area contributed by atoms with E-state index in [2.05, 4.69) is 47.2 Å². The molecule has 11 nitrogen and oxygen atoms in total. The first-order chi connectivity index (χ1) is 20.2. The standard InChI is InChI=1S/C28H29F3N10O/c1-17(28(29,30)31)37-26(42)22-16-36-41-6-5-19(11-23(22)41)20-14-33-25-21(20)15-35-27(38-25)34-13-18-3-4-24(32-12-18)40-9-7-39(2)8-10-40/h3-6,11-12,14-17H,7-10,13H2,1-2H3,(H,37,42)(H2,33,34,35,38)/t17-/m1/s1. The third-order valence-corrected chi connectivity index (χ3v) is 7.43. The van der Waals surface area contributed by atoms with Crippen LogP contribution in [0.5, 0.6) is 0 Å². The zero-order chi connectivity index (χ0) is 29.4. The van der Waals surface area contributed by atoms with E-state index in [0.717, 1.165) is 61.0 Å². The number of amides is 1. The minimum Gasteiger partial charge on any atom is -0.354 e. The van der Waals surface area contributed by atoms with Crippen molar-refractivity contribution in [2.24, 2.45) is 0 Å². The summed E-state index contributed by atoms with van der Waals surface area (Å²) in [6.45, 7) is 5.36. The van der Waals surface area contributed by atoms with Gasteiger partial charge in [0.05, 0.1) is 17.3 Å². The summed E-state index contributed by atoms with van der Waals surface area (Å²) in [6.07, 6.45) is 3.68. The fourth-order valence-electron chi connectivity index (χ4n) is 4.84. The van der Waals surface area contributed by atoms with Gasteiger partial charge in [0.15, 0.2) is 0 Å². The van der Waals surface area contributed by atoms with Crippen LogP contribution in [-0.2, 0) is 6.54 Å². The van der Waals surface area contributed by atoms with Crippen LogP contribution in [0, 0.1) is 0 Å². The highest BCUT2D eigenvalue weighted by Crippen LogP contribution is 2.30. The quantitative estimate of drug-likeness (QED) is 0.268. The first kappa shape index (κ1) is 27.4. The largest absolute Gasteiger partial charge is 0.408 e. The number of hydrogen-bond donors (Lipinski definition) is 3. The number of halogens is 3. The summed E-state index contributed by atoms with van der Waals surface area (Å²) in [5.74, 6) is 0.568. The lowest BCUT2D eigenvalue weighted by molar-refractivity contribution is -0.149. The third kappa shape index (κ3) is 5.57. The normalized spacial score (nSPS) is 15.3. The Kier molecular flexibility index (Phi) is 7.14. The molecule has 0 saturated carbocycles. The Morgan fingerprint density at radius 1 is 1.10 bits per heavy atom. The van der Waals surface area contributed by atoms with Crippen LogP contribution in [0.1, 0.15) is 22.8 Å². The first-order valence-corrected chi connectivity index (χ1v) is 13.5. The average Bonchev–Trinajstić information content (AvgIpc) is 3.60. The van der Waals surface area contributed by atoms with Gasteiger partial charge in [-0.3, -0.25) is 4.79 Å². The Labute approximate surface area is 238 Å². The van der Waals surface area contributed by atoms with E-state index in [-0.39, 0.29) is 5.56 Å². The molecule has 0 aliphatic carbocycles. The van der Waals surface area contributed by atoms with Crippen LogP contribution >= 0.6 is 0 Å². The number of H-pyrrole nitrogens is 1. The average molecular weight is 579 g/mol. The molecule has 3 N–H and O–H groups in total. The summed E-state index contributed by atoms with van der Waals surface area (Å²) in [5.41, 5.74) is 3.53. The number of pyridine rings is 2. The minimum absolute atomic E-state index is 0.0431. The predicted octanol–water partition coefficient (Wildman–Crippen LogP) is 3.71. The predicted molar refractivity (Wildman–Crippen MR) is 152 cm³/mol. The maximum atomic E-state index is 13.0. The molecule has 1 saturated heterocycles. The molecule has 1 fully saturated rings. The molecule has 14 heteroatoms. The molecule has 0 aromatic carbocycles. The highest BCUT2D eigenvalue weighted by molar-refractivity contribution is 6.02. The number of alkyl halides is 3. The van der Waals surface area contributed by atoms with Gasteiger partial charge in [0.25, 0.3) is 5.91 Å². The number of nitrogens with zero attached hydrogens (tertiary/aromatic N) is 7. The number of fused-ring (bicyclic) bond motifs is 2. The monoisotopic (exact) mass is 578 g/mol. The molecule has 1 aliphatic heterocycles. The third-order valence-electron chi connectivity index (χ3n) is 7.43. The van der Waals surface area contributed by atoms with Crippen LogP contribution in [0.2, 0.25) is 0 Å². The maximum Gasteiger partial charge on any atom is 0.408 e. The number of rotatable bonds is 7. The van der Waals surface area contributed by atoms with Gasteiger partial charge < -0.3 is 25.4 Å². The topological polar surface area (TPSA) is 119 Å². The lowest BCUT2D eigenvalue weighted by atomic mass is 10.1. The van der Waals surface area contributed by atoms with Gasteiger partial charge in [-0.05, 0) is 43.3 Å². The fourth-order valence-corrected chi connectivity index (χ4v) is 4.84. The number of carbonyl (C=O) groups is 1. The molecule has 0 radical (unpaired) electrons. The van der Waals surface area contributed by atoms with E-state index in [1.165, 1.54) is 10.7 Å². The SMILES string of the molecule is C[C@@H](NC(=O)c1cnn2ccc(-c3c[nH]c4nc(NCc5ccc(N6CCN(C)CC6)nc5)ncc34)cc12)C(F)(F)F. The molecule has 0 unspecified atom stereocenters. The van der Waals surface area contributed by atoms with Crippen molar-refractivity contribution in [2.75, 3.05) is 43.4 Å². The molecule has 5 aromatic heterocycles. The van der Waals surface area contributed by atoms with Gasteiger partial charge in [-0.1, -0.05) is 6.07 Å². The second kappa shape index (κ2) is 10.9. The summed E-state index contributed by atoms with van der Waals surface area (Å²) in [7, 11) is 2.12. The highest BCUT2D eigenvalue weighted by Gasteiger charge is 2.37. The molecule has 218 valence electrons. The molecule has 0 bridgehead atoms. The number of piperazine rings is 1. The Balaban J connectivity index is 1.16. The van der Waals surface area contributed by atoms with Crippen molar-refractivity contribution in [3.8, 4) is 11.1 Å². The molecule has 42 heavy (non-hydrogen) atoms. The van der Waals surface area contributed by atoms with Crippen LogP contribution < -0.4 is 15.5 Å². The fraction of sp³-hybridized carbons (Fsp3) is 0.321. The van der Waals surface area contributed by atoms with Crippen molar-refractivity contribution in [1.29, 1.82) is 0 Å². The van der Waals surface area contributed by atoms with Crippen LogP contribution in [0.3, 0.4) is 0 Å². The Bertz CT molecular complexity index is 1720. The van der Waals surface area contributed by atoms with Gasteiger partial charge in [-0.2, -0.15) is 23.3 Å². The molecule has 0 spiro atoms. The summed E-state index contributed by atoms with van der Waals surface area (Å²) in [5, 5.41) is 10.1. The van der Waals surface area contributed by atoms with E-state index >= 15 is 0 Å². The second-order valence-electron chi connectivity index (χ2n) is 10.4. The van der Waals surface area contributed by atoms with E-state index in [4.69, 9.17) is 0 Å². The molecule has 5 aromatic rings. The lowest BCUT2D eigenvalue weighted by Gasteiger charge is -2.33. The van der Waals surface area contributed by atoms with Crippen LogP contribution in [-0.4, -0.2) is 85.8 Å². The molecule has 1 aliphatic rings. The summed E-state index contributed by atoms with van der Waals surface area (Å²) < 4.78 is 40.3. The summed E-state index contributed by atoms with van der Waals surface area (Å²) in [6, 6.07) is 5.59. The minimum atomic E-state index is -4.55. The smallest absolute Gasteiger partial charge is 0.354 e. The number of carbonyl (C=O) groups excluding carboxylic acids is 1. The molecule has 6 rings (SSSR count). The van der Waals surface area contributed by atoms with E-state index in [0.29, 0.717) is 23.7 Å². The molecule has 6 heterocycles. The van der Waals surface area contributed by atoms with Crippen molar-refractivity contribution in [3.63, 3.8) is 0 Å². The first-order valence-electron chi connectivity index (χ1n) is 13.5. The van der Waals surface area contributed by atoms with E-state index in [1.54, 1.807) is 30.7 Å². The number of hydrogen-bond acceptors (Lipinski definition) is 8. The maximum absolute atomic E-state index is 13.0. The van der Waals surface area contributed by atoms with Crippen molar-refractivity contribution >= 4 is 34.2 Å². The van der Waals surface area contributed by atoms with Gasteiger partial charge >= 0.3 is 6.18 Å². The van der Waals surface area contributed by atoms with E-state index in [9.17, 15) is 18.0 Å². The van der Waals surface area contributed by atoms with Crippen molar-refractivity contribution < 1.29 is 18.0 Å². The molecule has 1 amide bonds. The van der Waals surface area contributed by atoms with Gasteiger partial charge in [-0.25, -0.2) is 14.5 Å². The van der Waals surface area contributed by atoms with Crippen molar-refractivity contribution in [3.05, 3.63) is 66.4 Å². The van der Waals surface area contributed by atoms with E-state index < -0.39 is 18.1 Å². The molecule has 1 atom stereocenters. The van der Waals surface area contributed by atoms with Crippen LogP contribution in [0.15, 0.2) is 55.2 Å². The number of aromatic amines is 1. The lowest BCUT2D eigenvalue weighted by Crippen LogP contribution is -2.44. The highest BCUT2D eigenvalue weighted by atomic mass is 19.4. The number of nitrogens with one attached hydrogen (secondary N) is 3. The van der Waals surface area contributed by atoms with Gasteiger partial charge in [0.2, 0.25) is 5.95 Å². The number of anilines is 2. The second-order valence-corrected chi connectivity index (χ2v) is 10.4. The van der Waals surface area contributed by atoms with Gasteiger partial charge in [0.1, 0.15) is 17.5 Å². The zero-order valence-electron chi connectivity index (χ0n) is 23.0. The van der Waals surface area contributed by atoms with Crippen molar-refractivity contribution in [1.82, 2.24) is 39.8 Å². The summed E-state index contributed by atoms with van der Waals surface area (Å²) >= 11 is 0. The number of likely N-dealkylation sites (N-methyl/N-ethyl adjacent to an activating group) is 1. The van der Waals surface area contributed by atoms with Crippen molar-refractivity contribution in [2.45, 2.75) is 25.7 Å². The zero-order valence-corrected chi connectivity index (χ0v) is 23.0. The van der Waals surface area contributed by atoms with Crippen LogP contribution in [0.4, 0.5) is 24.9 Å². The van der Waals surface area contributed by atoms with E-state index in [1.807, 2.05) is 23.6 Å². The van der Waals surface area contributed by atoms with Crippen LogP contribution in [0.25, 0.3) is 27.7 Å². The Morgan fingerprint density at radius 3 is 2.64 bits per heavy atom. The van der Waals surface area contributed by atoms with Gasteiger partial charge in [0, 0.05) is 68.5 Å². The summed E-state index contributed by atoms with van der Waals surface area (Å²) in [4.78, 5) is 34.0. The molecular weight excluding hydrogens is 549 g/mol. The Morgan fingerprint density at radius 2 is 1.90 bits per heavy atom. The Hall–Kier alpha value is -4.72. The van der Waals surface area contributed by atoms with Gasteiger partial charge in [-0.15, -0.1) is 0 Å². The molecular formula is C28H29F3N10O. The number of aromatic nitrogens is 6.